The van der Waals surface area contributed by atoms with Gasteiger partial charge in [0.05, 0.1) is 5.41 Å². The van der Waals surface area contributed by atoms with Crippen molar-refractivity contribution < 1.29 is 14.7 Å². The molecule has 2 N–H and O–H groups in total. The zero-order chi connectivity index (χ0) is 14.0. The second-order valence-electron chi connectivity index (χ2n) is 5.95. The molecule has 1 unspecified atom stereocenters. The summed E-state index contributed by atoms with van der Waals surface area (Å²) in [5.41, 5.74) is -0.688. The van der Waals surface area contributed by atoms with E-state index < -0.39 is 11.4 Å². The van der Waals surface area contributed by atoms with Gasteiger partial charge in [0, 0.05) is 25.7 Å². The largest absolute Gasteiger partial charge is 0.481 e. The summed E-state index contributed by atoms with van der Waals surface area (Å²) in [4.78, 5) is 27.0. The Balaban J connectivity index is 1.81. The Morgan fingerprint density at radius 2 is 2.11 bits per heavy atom. The summed E-state index contributed by atoms with van der Waals surface area (Å²) in [5.74, 6) is -0.794. The number of rotatable bonds is 4. The minimum atomic E-state index is -0.794. The number of carboxylic acid groups (broad SMARTS) is 1. The fourth-order valence-electron chi connectivity index (χ4n) is 2.53. The van der Waals surface area contributed by atoms with E-state index in [2.05, 4.69) is 10.2 Å². The van der Waals surface area contributed by atoms with E-state index in [1.54, 1.807) is 4.90 Å². The highest BCUT2D eigenvalue weighted by Gasteiger charge is 2.50. The number of carbonyl (C=O) groups excluding carboxylic acids is 1. The normalized spacial score (nSPS) is 25.2. The molecular formula is C13H23N3O3. The van der Waals surface area contributed by atoms with E-state index >= 15 is 0 Å². The third-order valence-electron chi connectivity index (χ3n) is 4.30. The van der Waals surface area contributed by atoms with E-state index in [0.29, 0.717) is 18.9 Å². The predicted octanol–water partition coefficient (Wildman–Crippen LogP) is 0.587. The Morgan fingerprint density at radius 1 is 1.42 bits per heavy atom. The van der Waals surface area contributed by atoms with Crippen LogP contribution in [-0.4, -0.2) is 66.7 Å². The highest BCUT2D eigenvalue weighted by Crippen LogP contribution is 2.45. The first kappa shape index (κ1) is 14.1. The van der Waals surface area contributed by atoms with E-state index in [-0.39, 0.29) is 12.6 Å². The molecule has 1 aliphatic carbocycles. The molecule has 1 heterocycles. The summed E-state index contributed by atoms with van der Waals surface area (Å²) in [6, 6.07) is 0.271. The molecule has 6 heteroatoms. The van der Waals surface area contributed by atoms with Crippen molar-refractivity contribution in [3.63, 3.8) is 0 Å². The molecule has 2 rings (SSSR count). The maximum Gasteiger partial charge on any atom is 0.317 e. The van der Waals surface area contributed by atoms with Gasteiger partial charge in [0.2, 0.25) is 0 Å². The molecule has 0 aromatic rings. The van der Waals surface area contributed by atoms with Gasteiger partial charge in [-0.25, -0.2) is 4.79 Å². The van der Waals surface area contributed by atoms with Crippen LogP contribution in [0.2, 0.25) is 0 Å². The molecule has 0 bridgehead atoms. The first-order valence-corrected chi connectivity index (χ1v) is 6.87. The minimum Gasteiger partial charge on any atom is -0.481 e. The number of hydrogen-bond donors (Lipinski definition) is 2. The number of hydrogen-bond acceptors (Lipinski definition) is 3. The van der Waals surface area contributed by atoms with Gasteiger partial charge in [-0.3, -0.25) is 4.79 Å². The van der Waals surface area contributed by atoms with E-state index in [9.17, 15) is 9.59 Å². The highest BCUT2D eigenvalue weighted by atomic mass is 16.4. The Bertz CT molecular complexity index is 366. The SMILES string of the molecule is CN(C)C1CCCN(C(=O)NCC2(C(=O)O)CC2)C1. The zero-order valence-electron chi connectivity index (χ0n) is 11.7. The molecule has 1 atom stereocenters. The van der Waals surface area contributed by atoms with Crippen molar-refractivity contribution >= 4 is 12.0 Å². The molecule has 2 fully saturated rings. The van der Waals surface area contributed by atoms with Gasteiger partial charge in [-0.2, -0.15) is 0 Å². The highest BCUT2D eigenvalue weighted by molar-refractivity contribution is 5.80. The average Bonchev–Trinajstić information content (AvgIpc) is 3.17. The van der Waals surface area contributed by atoms with Crippen molar-refractivity contribution in [1.82, 2.24) is 15.1 Å². The number of carbonyl (C=O) groups is 2. The van der Waals surface area contributed by atoms with Gasteiger partial charge >= 0.3 is 12.0 Å². The van der Waals surface area contributed by atoms with Crippen LogP contribution in [0, 0.1) is 5.41 Å². The third-order valence-corrected chi connectivity index (χ3v) is 4.30. The van der Waals surface area contributed by atoms with E-state index in [4.69, 9.17) is 5.11 Å². The Labute approximate surface area is 113 Å². The number of nitrogens with one attached hydrogen (secondary N) is 1. The first-order valence-electron chi connectivity index (χ1n) is 6.87. The third kappa shape index (κ3) is 3.18. The number of likely N-dealkylation sites (N-methyl/N-ethyl adjacent to an activating group) is 1. The monoisotopic (exact) mass is 269 g/mol. The van der Waals surface area contributed by atoms with Crippen LogP contribution in [0.15, 0.2) is 0 Å². The molecule has 6 nitrogen and oxygen atoms in total. The molecule has 0 aromatic heterocycles. The summed E-state index contributed by atoms with van der Waals surface area (Å²) >= 11 is 0. The summed E-state index contributed by atoms with van der Waals surface area (Å²) in [6.45, 7) is 1.74. The molecule has 2 amide bonds. The van der Waals surface area contributed by atoms with Crippen LogP contribution in [0.4, 0.5) is 4.79 Å². The summed E-state index contributed by atoms with van der Waals surface area (Å²) in [5, 5.41) is 11.9. The van der Waals surface area contributed by atoms with Gasteiger partial charge in [-0.15, -0.1) is 0 Å². The van der Waals surface area contributed by atoms with Crippen molar-refractivity contribution in [2.45, 2.75) is 31.7 Å². The predicted molar refractivity (Wildman–Crippen MR) is 71.0 cm³/mol. The van der Waals surface area contributed by atoms with Crippen LogP contribution in [0.3, 0.4) is 0 Å². The zero-order valence-corrected chi connectivity index (χ0v) is 11.7. The van der Waals surface area contributed by atoms with Crippen molar-refractivity contribution in [1.29, 1.82) is 0 Å². The van der Waals surface area contributed by atoms with E-state index in [1.807, 2.05) is 14.1 Å². The fraction of sp³-hybridized carbons (Fsp3) is 0.846. The smallest absolute Gasteiger partial charge is 0.317 e. The van der Waals surface area contributed by atoms with Gasteiger partial charge in [0.25, 0.3) is 0 Å². The van der Waals surface area contributed by atoms with Crippen molar-refractivity contribution in [2.75, 3.05) is 33.7 Å². The van der Waals surface area contributed by atoms with Crippen LogP contribution in [0.5, 0.6) is 0 Å². The standard InChI is InChI=1S/C13H23N3O3/c1-15(2)10-4-3-7-16(8-10)12(19)14-9-13(5-6-13)11(17)18/h10H,3-9H2,1-2H3,(H,14,19)(H,17,18). The number of piperidine rings is 1. The molecule has 1 saturated heterocycles. The first-order chi connectivity index (χ1) is 8.94. The lowest BCUT2D eigenvalue weighted by atomic mass is 10.1. The summed E-state index contributed by atoms with van der Waals surface area (Å²) in [7, 11) is 4.05. The molecule has 0 aromatic carbocycles. The molecule has 0 spiro atoms. The quantitative estimate of drug-likeness (QED) is 0.783. The number of carboxylic acids is 1. The van der Waals surface area contributed by atoms with Crippen molar-refractivity contribution in [3.05, 3.63) is 0 Å². The fourth-order valence-corrected chi connectivity index (χ4v) is 2.53. The summed E-state index contributed by atoms with van der Waals surface area (Å²) < 4.78 is 0. The van der Waals surface area contributed by atoms with Gasteiger partial charge in [-0.1, -0.05) is 0 Å². The van der Waals surface area contributed by atoms with E-state index in [1.165, 1.54) is 0 Å². The number of aliphatic carboxylic acids is 1. The lowest BCUT2D eigenvalue weighted by Gasteiger charge is -2.36. The Kier molecular flexibility index (Phi) is 3.99. The molecule has 108 valence electrons. The minimum absolute atomic E-state index is 0.126. The number of likely N-dealkylation sites (tertiary alicyclic amines) is 1. The second-order valence-corrected chi connectivity index (χ2v) is 5.95. The van der Waals surface area contributed by atoms with E-state index in [0.717, 1.165) is 25.9 Å². The van der Waals surface area contributed by atoms with Crippen LogP contribution in [0.25, 0.3) is 0 Å². The van der Waals surface area contributed by atoms with Gasteiger partial charge in [-0.05, 0) is 39.8 Å². The molecule has 0 radical (unpaired) electrons. The Morgan fingerprint density at radius 3 is 2.63 bits per heavy atom. The van der Waals surface area contributed by atoms with Crippen LogP contribution < -0.4 is 5.32 Å². The number of nitrogens with zero attached hydrogens (tertiary/aromatic N) is 2. The van der Waals surface area contributed by atoms with Crippen LogP contribution in [0.1, 0.15) is 25.7 Å². The lowest BCUT2D eigenvalue weighted by Crippen LogP contribution is -2.51. The van der Waals surface area contributed by atoms with Crippen molar-refractivity contribution in [2.24, 2.45) is 5.41 Å². The van der Waals surface area contributed by atoms with Gasteiger partial charge < -0.3 is 20.2 Å². The number of urea groups is 1. The molecule has 19 heavy (non-hydrogen) atoms. The average molecular weight is 269 g/mol. The van der Waals surface area contributed by atoms with Crippen molar-refractivity contribution in [3.8, 4) is 0 Å². The summed E-state index contributed by atoms with van der Waals surface area (Å²) in [6.07, 6.45) is 3.45. The maximum atomic E-state index is 12.1. The molecular weight excluding hydrogens is 246 g/mol. The van der Waals surface area contributed by atoms with Gasteiger partial charge in [0.1, 0.15) is 0 Å². The molecule has 1 saturated carbocycles. The lowest BCUT2D eigenvalue weighted by molar-refractivity contribution is -0.143. The molecule has 1 aliphatic heterocycles. The van der Waals surface area contributed by atoms with Crippen LogP contribution in [-0.2, 0) is 4.79 Å². The van der Waals surface area contributed by atoms with Gasteiger partial charge in [0.15, 0.2) is 0 Å². The number of amides is 2. The topological polar surface area (TPSA) is 72.9 Å². The molecule has 2 aliphatic rings. The maximum absolute atomic E-state index is 12.1. The second kappa shape index (κ2) is 5.36. The van der Waals surface area contributed by atoms with Crippen LogP contribution >= 0.6 is 0 Å². The Hall–Kier alpha value is -1.30.